The Bertz CT molecular complexity index is 736. The fourth-order valence-corrected chi connectivity index (χ4v) is 2.15. The monoisotopic (exact) mass is 299 g/mol. The number of rotatable bonds is 4. The lowest BCUT2D eigenvalue weighted by Crippen LogP contribution is -2.02. The molecule has 1 aromatic heterocycles. The molecule has 0 amide bonds. The smallest absolute Gasteiger partial charge is 0.153 e. The van der Waals surface area contributed by atoms with E-state index in [0.717, 1.165) is 28.8 Å². The molecule has 1 heterocycles. The van der Waals surface area contributed by atoms with E-state index in [2.05, 4.69) is 20.8 Å². The van der Waals surface area contributed by atoms with Crippen LogP contribution in [0.3, 0.4) is 0 Å². The van der Waals surface area contributed by atoms with Crippen LogP contribution in [0.4, 0.5) is 5.69 Å². The maximum absolute atomic E-state index is 5.88. The molecule has 0 radical (unpaired) electrons. The van der Waals surface area contributed by atoms with Gasteiger partial charge in [-0.05, 0) is 53.2 Å². The van der Waals surface area contributed by atoms with E-state index in [1.807, 2.05) is 55.5 Å². The van der Waals surface area contributed by atoms with Crippen LogP contribution in [0.5, 0.6) is 0 Å². The Labute approximate surface area is 127 Å². The minimum atomic E-state index is 0.731. The lowest BCUT2D eigenvalue weighted by molar-refractivity contribution is 0.779. The van der Waals surface area contributed by atoms with E-state index in [0.29, 0.717) is 0 Å². The number of aromatic nitrogens is 4. The maximum atomic E-state index is 5.88. The van der Waals surface area contributed by atoms with E-state index in [1.54, 1.807) is 4.68 Å². The van der Waals surface area contributed by atoms with E-state index >= 15 is 0 Å². The molecule has 0 aliphatic carbocycles. The summed E-state index contributed by atoms with van der Waals surface area (Å²) < 4.78 is 1.70. The van der Waals surface area contributed by atoms with Crippen molar-refractivity contribution in [1.82, 2.24) is 20.2 Å². The van der Waals surface area contributed by atoms with Crippen LogP contribution < -0.4 is 5.32 Å². The Balaban J connectivity index is 1.74. The summed E-state index contributed by atoms with van der Waals surface area (Å²) in [5, 5.41) is 15.6. The zero-order valence-corrected chi connectivity index (χ0v) is 12.2. The number of nitrogens with zero attached hydrogens (tertiary/aromatic N) is 4. The first kappa shape index (κ1) is 13.6. The van der Waals surface area contributed by atoms with Crippen LogP contribution >= 0.6 is 11.6 Å². The molecular weight excluding hydrogens is 286 g/mol. The summed E-state index contributed by atoms with van der Waals surface area (Å²) in [6.07, 6.45) is 0. The summed E-state index contributed by atoms with van der Waals surface area (Å²) in [5.74, 6) is 0.754. The molecule has 0 atom stereocenters. The van der Waals surface area contributed by atoms with Gasteiger partial charge in [0.1, 0.15) is 0 Å². The largest absolute Gasteiger partial charge is 0.381 e. The lowest BCUT2D eigenvalue weighted by Gasteiger charge is -2.09. The Morgan fingerprint density at radius 3 is 2.67 bits per heavy atom. The predicted octanol–water partition coefficient (Wildman–Crippen LogP) is 3.24. The third-order valence-electron chi connectivity index (χ3n) is 3.13. The van der Waals surface area contributed by atoms with Gasteiger partial charge in [0, 0.05) is 17.3 Å². The van der Waals surface area contributed by atoms with Gasteiger partial charge in [-0.3, -0.25) is 0 Å². The summed E-state index contributed by atoms with van der Waals surface area (Å²) in [4.78, 5) is 0. The fourth-order valence-electron chi connectivity index (χ4n) is 2.02. The highest BCUT2D eigenvalue weighted by molar-refractivity contribution is 6.30. The zero-order valence-electron chi connectivity index (χ0n) is 11.5. The number of benzene rings is 2. The Morgan fingerprint density at radius 1 is 1.14 bits per heavy atom. The molecule has 0 aliphatic heterocycles. The zero-order chi connectivity index (χ0) is 14.7. The molecule has 3 aromatic rings. The quantitative estimate of drug-likeness (QED) is 0.803. The van der Waals surface area contributed by atoms with Crippen LogP contribution in [0, 0.1) is 6.92 Å². The molecule has 0 saturated carbocycles. The van der Waals surface area contributed by atoms with Crippen molar-refractivity contribution < 1.29 is 0 Å². The summed E-state index contributed by atoms with van der Waals surface area (Å²) in [7, 11) is 0. The molecule has 0 spiro atoms. The third-order valence-corrected chi connectivity index (χ3v) is 3.38. The number of aryl methyl sites for hydroxylation is 1. The van der Waals surface area contributed by atoms with Crippen LogP contribution in [-0.2, 0) is 6.54 Å². The number of nitrogens with one attached hydrogen (secondary N) is 1. The standard InChI is InChI=1S/C15H14ClN5/c1-11-18-19-20-21(11)15-4-2-3-14(9-15)17-10-12-5-7-13(16)8-6-12/h2-9,17H,10H2,1H3. The topological polar surface area (TPSA) is 55.6 Å². The van der Waals surface area contributed by atoms with Gasteiger partial charge >= 0.3 is 0 Å². The van der Waals surface area contributed by atoms with Crippen molar-refractivity contribution in [1.29, 1.82) is 0 Å². The van der Waals surface area contributed by atoms with Crippen molar-refractivity contribution in [3.8, 4) is 5.69 Å². The van der Waals surface area contributed by atoms with Gasteiger partial charge in [-0.25, -0.2) is 0 Å². The Kier molecular flexibility index (Phi) is 3.83. The Hall–Kier alpha value is -2.40. The summed E-state index contributed by atoms with van der Waals surface area (Å²) in [6.45, 7) is 2.60. The van der Waals surface area contributed by atoms with Gasteiger partial charge in [0.25, 0.3) is 0 Å². The second-order valence-electron chi connectivity index (χ2n) is 4.67. The van der Waals surface area contributed by atoms with Gasteiger partial charge in [0.2, 0.25) is 0 Å². The molecule has 6 heteroatoms. The average Bonchev–Trinajstić information content (AvgIpc) is 2.93. The second-order valence-corrected chi connectivity index (χ2v) is 5.10. The molecule has 5 nitrogen and oxygen atoms in total. The summed E-state index contributed by atoms with van der Waals surface area (Å²) in [6, 6.07) is 15.8. The van der Waals surface area contributed by atoms with Crippen molar-refractivity contribution in [3.05, 3.63) is 64.9 Å². The van der Waals surface area contributed by atoms with E-state index in [-0.39, 0.29) is 0 Å². The van der Waals surface area contributed by atoms with Crippen molar-refractivity contribution in [2.24, 2.45) is 0 Å². The molecule has 2 aromatic carbocycles. The van der Waals surface area contributed by atoms with E-state index < -0.39 is 0 Å². The van der Waals surface area contributed by atoms with Crippen LogP contribution in [0.15, 0.2) is 48.5 Å². The predicted molar refractivity (Wildman–Crippen MR) is 82.7 cm³/mol. The summed E-state index contributed by atoms with van der Waals surface area (Å²) in [5.41, 5.74) is 3.11. The molecule has 0 saturated heterocycles. The van der Waals surface area contributed by atoms with E-state index in [1.165, 1.54) is 5.56 Å². The summed E-state index contributed by atoms with van der Waals surface area (Å²) >= 11 is 5.88. The number of hydrogen-bond acceptors (Lipinski definition) is 4. The molecule has 0 bridgehead atoms. The third kappa shape index (κ3) is 3.20. The normalized spacial score (nSPS) is 10.6. The van der Waals surface area contributed by atoms with Gasteiger partial charge in [0.05, 0.1) is 5.69 Å². The maximum Gasteiger partial charge on any atom is 0.153 e. The fraction of sp³-hybridized carbons (Fsp3) is 0.133. The highest BCUT2D eigenvalue weighted by Crippen LogP contribution is 2.16. The number of hydrogen-bond donors (Lipinski definition) is 1. The minimum Gasteiger partial charge on any atom is -0.381 e. The first-order valence-electron chi connectivity index (χ1n) is 6.56. The van der Waals surface area contributed by atoms with Crippen LogP contribution in [0.1, 0.15) is 11.4 Å². The van der Waals surface area contributed by atoms with Crippen LogP contribution in [0.25, 0.3) is 5.69 Å². The highest BCUT2D eigenvalue weighted by atomic mass is 35.5. The molecule has 3 rings (SSSR count). The van der Waals surface area contributed by atoms with E-state index in [4.69, 9.17) is 11.6 Å². The number of tetrazole rings is 1. The molecular formula is C15H14ClN5. The van der Waals surface area contributed by atoms with Gasteiger partial charge in [-0.15, -0.1) is 5.10 Å². The van der Waals surface area contributed by atoms with E-state index in [9.17, 15) is 0 Å². The van der Waals surface area contributed by atoms with Crippen molar-refractivity contribution in [3.63, 3.8) is 0 Å². The van der Waals surface area contributed by atoms with Crippen LogP contribution in [0.2, 0.25) is 5.02 Å². The van der Waals surface area contributed by atoms with Gasteiger partial charge in [0.15, 0.2) is 5.82 Å². The average molecular weight is 300 g/mol. The SMILES string of the molecule is Cc1nnnn1-c1cccc(NCc2ccc(Cl)cc2)c1. The minimum absolute atomic E-state index is 0.731. The van der Waals surface area contributed by atoms with Gasteiger partial charge in [-0.1, -0.05) is 29.8 Å². The van der Waals surface area contributed by atoms with Crippen molar-refractivity contribution >= 4 is 17.3 Å². The van der Waals surface area contributed by atoms with Crippen molar-refractivity contribution in [2.45, 2.75) is 13.5 Å². The first-order valence-corrected chi connectivity index (χ1v) is 6.94. The first-order chi connectivity index (χ1) is 10.2. The Morgan fingerprint density at radius 2 is 1.95 bits per heavy atom. The second kappa shape index (κ2) is 5.93. The molecule has 21 heavy (non-hydrogen) atoms. The molecule has 0 unspecified atom stereocenters. The van der Waals surface area contributed by atoms with Gasteiger partial charge in [-0.2, -0.15) is 4.68 Å². The molecule has 1 N–H and O–H groups in total. The lowest BCUT2D eigenvalue weighted by atomic mass is 10.2. The van der Waals surface area contributed by atoms with Gasteiger partial charge < -0.3 is 5.32 Å². The van der Waals surface area contributed by atoms with Crippen molar-refractivity contribution in [2.75, 3.05) is 5.32 Å². The molecule has 0 fully saturated rings. The number of anilines is 1. The number of halogens is 1. The molecule has 0 aliphatic rings. The molecule has 106 valence electrons. The highest BCUT2D eigenvalue weighted by Gasteiger charge is 2.04. The van der Waals surface area contributed by atoms with Crippen LogP contribution in [-0.4, -0.2) is 20.2 Å².